The lowest BCUT2D eigenvalue weighted by Gasteiger charge is -2.36. The monoisotopic (exact) mass is 476 g/mol. The lowest BCUT2D eigenvalue weighted by molar-refractivity contribution is -0.129. The molecule has 0 radical (unpaired) electrons. The molecule has 2 aromatic heterocycles. The second kappa shape index (κ2) is 8.69. The van der Waals surface area contributed by atoms with Gasteiger partial charge in [-0.2, -0.15) is 20.0 Å². The summed E-state index contributed by atoms with van der Waals surface area (Å²) in [6.07, 6.45) is 3.54. The number of hydrogen-bond acceptors (Lipinski definition) is 9. The first-order valence-electron chi connectivity index (χ1n) is 10.9. The van der Waals surface area contributed by atoms with Gasteiger partial charge < -0.3 is 20.4 Å². The molecule has 11 nitrogen and oxygen atoms in total. The number of benzene rings is 1. The Morgan fingerprint density at radius 1 is 1.18 bits per heavy atom. The first-order valence-corrected chi connectivity index (χ1v) is 11.3. The summed E-state index contributed by atoms with van der Waals surface area (Å²) < 4.78 is 1.43. The molecule has 0 spiro atoms. The largest absolute Gasteiger partial charge is 0.367 e. The average Bonchev–Trinajstić information content (AvgIpc) is 3.56. The maximum absolute atomic E-state index is 11.7. The average molecular weight is 477 g/mol. The molecule has 0 bridgehead atoms. The van der Waals surface area contributed by atoms with Crippen LogP contribution in [0.3, 0.4) is 0 Å². The van der Waals surface area contributed by atoms with E-state index >= 15 is 0 Å². The number of hydrogen-bond donors (Lipinski definition) is 2. The first-order chi connectivity index (χ1) is 16.5. The van der Waals surface area contributed by atoms with Crippen molar-refractivity contribution in [2.45, 2.75) is 25.8 Å². The SMILES string of the molecule is CC(=O)N1CCN(c2cc(C#N)cc(Nc3nc(NC4CC4)c4ncc(C#N)n4n3)c2Cl)CC1. The third-order valence-corrected chi connectivity index (χ3v) is 6.29. The zero-order chi connectivity index (χ0) is 23.8. The van der Waals surface area contributed by atoms with E-state index in [9.17, 15) is 15.3 Å². The van der Waals surface area contributed by atoms with Crippen molar-refractivity contribution >= 4 is 46.3 Å². The number of amides is 1. The highest BCUT2D eigenvalue weighted by Gasteiger charge is 2.25. The number of nitrogens with one attached hydrogen (secondary N) is 2. The van der Waals surface area contributed by atoms with Crippen molar-refractivity contribution in [1.29, 1.82) is 10.5 Å². The molecular weight excluding hydrogens is 456 g/mol. The van der Waals surface area contributed by atoms with Crippen LogP contribution in [0.15, 0.2) is 18.3 Å². The number of halogens is 1. The lowest BCUT2D eigenvalue weighted by Crippen LogP contribution is -2.48. The summed E-state index contributed by atoms with van der Waals surface area (Å²) in [7, 11) is 0. The minimum Gasteiger partial charge on any atom is -0.367 e. The van der Waals surface area contributed by atoms with E-state index in [1.54, 1.807) is 24.0 Å². The van der Waals surface area contributed by atoms with Crippen molar-refractivity contribution in [2.75, 3.05) is 41.7 Å². The number of aromatic nitrogens is 4. The molecule has 1 aliphatic carbocycles. The van der Waals surface area contributed by atoms with Gasteiger partial charge in [0.2, 0.25) is 11.9 Å². The molecule has 0 unspecified atom stereocenters. The fraction of sp³-hybridized carbons (Fsp3) is 0.364. The minimum absolute atomic E-state index is 0.0401. The van der Waals surface area contributed by atoms with Gasteiger partial charge in [-0.3, -0.25) is 4.79 Å². The zero-order valence-corrected chi connectivity index (χ0v) is 19.2. The Balaban J connectivity index is 1.50. The second-order valence-electron chi connectivity index (χ2n) is 8.28. The second-order valence-corrected chi connectivity index (χ2v) is 8.66. The highest BCUT2D eigenvalue weighted by Crippen LogP contribution is 2.36. The van der Waals surface area contributed by atoms with Crippen LogP contribution in [0.4, 0.5) is 23.1 Å². The van der Waals surface area contributed by atoms with Crippen LogP contribution in [0.25, 0.3) is 5.65 Å². The van der Waals surface area contributed by atoms with Crippen molar-refractivity contribution in [3.8, 4) is 12.1 Å². The molecule has 0 atom stereocenters. The van der Waals surface area contributed by atoms with Crippen molar-refractivity contribution in [1.82, 2.24) is 24.5 Å². The third kappa shape index (κ3) is 4.14. The molecule has 3 aromatic rings. The minimum atomic E-state index is 0.0401. The molecule has 2 aliphatic rings. The van der Waals surface area contributed by atoms with Crippen LogP contribution in [0, 0.1) is 22.7 Å². The van der Waals surface area contributed by atoms with Gasteiger partial charge in [-0.25, -0.2) is 4.98 Å². The van der Waals surface area contributed by atoms with E-state index in [4.69, 9.17) is 11.6 Å². The van der Waals surface area contributed by atoms with Gasteiger partial charge in [0, 0.05) is 39.1 Å². The van der Waals surface area contributed by atoms with E-state index in [-0.39, 0.29) is 17.5 Å². The molecule has 1 aromatic carbocycles. The number of rotatable bonds is 5. The lowest BCUT2D eigenvalue weighted by atomic mass is 10.1. The zero-order valence-electron chi connectivity index (χ0n) is 18.4. The van der Waals surface area contributed by atoms with Crippen molar-refractivity contribution in [2.24, 2.45) is 0 Å². The van der Waals surface area contributed by atoms with Crippen LogP contribution in [0.2, 0.25) is 5.02 Å². The number of fused-ring (bicyclic) bond motifs is 1. The molecule has 3 heterocycles. The van der Waals surface area contributed by atoms with Gasteiger partial charge in [0.15, 0.2) is 17.2 Å². The summed E-state index contributed by atoms with van der Waals surface area (Å²) in [5.74, 6) is 0.780. The highest BCUT2D eigenvalue weighted by molar-refractivity contribution is 6.36. The molecular formula is C22H21ClN10O. The molecule has 1 saturated heterocycles. The van der Waals surface area contributed by atoms with Gasteiger partial charge in [-0.05, 0) is 25.0 Å². The van der Waals surface area contributed by atoms with Crippen LogP contribution in [0.1, 0.15) is 31.0 Å². The van der Waals surface area contributed by atoms with Crippen LogP contribution < -0.4 is 15.5 Å². The predicted molar refractivity (Wildman–Crippen MR) is 126 cm³/mol. The van der Waals surface area contributed by atoms with E-state index in [2.05, 4.69) is 42.7 Å². The van der Waals surface area contributed by atoms with E-state index in [1.807, 2.05) is 0 Å². The van der Waals surface area contributed by atoms with Gasteiger partial charge in [-0.1, -0.05) is 11.6 Å². The maximum Gasteiger partial charge on any atom is 0.247 e. The Kier molecular flexibility index (Phi) is 5.56. The number of nitrogens with zero attached hydrogens (tertiary/aromatic N) is 8. The number of imidazole rings is 1. The van der Waals surface area contributed by atoms with Gasteiger partial charge in [0.05, 0.1) is 34.2 Å². The van der Waals surface area contributed by atoms with Gasteiger partial charge >= 0.3 is 0 Å². The fourth-order valence-electron chi connectivity index (χ4n) is 3.91. The Bertz CT molecular complexity index is 1360. The van der Waals surface area contributed by atoms with Crippen LogP contribution >= 0.6 is 11.6 Å². The summed E-state index contributed by atoms with van der Waals surface area (Å²) >= 11 is 6.77. The Morgan fingerprint density at radius 3 is 2.59 bits per heavy atom. The van der Waals surface area contributed by atoms with Crippen molar-refractivity contribution in [3.63, 3.8) is 0 Å². The van der Waals surface area contributed by atoms with E-state index < -0.39 is 0 Å². The van der Waals surface area contributed by atoms with E-state index in [1.165, 1.54) is 10.7 Å². The molecule has 1 aliphatic heterocycles. The molecule has 2 N–H and O–H groups in total. The maximum atomic E-state index is 11.7. The molecule has 2 fully saturated rings. The Hall–Kier alpha value is -4.09. The molecule has 172 valence electrons. The normalized spacial score (nSPS) is 15.6. The summed E-state index contributed by atoms with van der Waals surface area (Å²) in [5.41, 5.74) is 2.34. The summed E-state index contributed by atoms with van der Waals surface area (Å²) in [6.45, 7) is 3.93. The van der Waals surface area contributed by atoms with Crippen LogP contribution in [0.5, 0.6) is 0 Å². The Labute approximate surface area is 200 Å². The topological polar surface area (TPSA) is 138 Å². The van der Waals surface area contributed by atoms with E-state index in [0.717, 1.165) is 12.8 Å². The molecule has 1 saturated carbocycles. The summed E-state index contributed by atoms with van der Waals surface area (Å²) in [6, 6.07) is 7.95. The molecule has 12 heteroatoms. The molecule has 5 rings (SSSR count). The Morgan fingerprint density at radius 2 is 1.94 bits per heavy atom. The van der Waals surface area contributed by atoms with Crippen LogP contribution in [-0.2, 0) is 4.79 Å². The number of carbonyl (C=O) groups excluding carboxylic acids is 1. The third-order valence-electron chi connectivity index (χ3n) is 5.89. The summed E-state index contributed by atoms with van der Waals surface area (Å²) in [5, 5.41) is 30.3. The first kappa shape index (κ1) is 21.7. The smallest absolute Gasteiger partial charge is 0.247 e. The van der Waals surface area contributed by atoms with E-state index in [0.29, 0.717) is 65.6 Å². The number of carbonyl (C=O) groups is 1. The van der Waals surface area contributed by atoms with Crippen molar-refractivity contribution < 1.29 is 4.79 Å². The molecule has 1 amide bonds. The standard InChI is InChI=1S/C22H21ClN10O/c1-13(34)31-4-6-32(7-5-31)18-9-14(10-24)8-17(19(18)23)28-22-29-20(27-15-2-3-15)21-26-12-16(11-25)33(21)30-22/h8-9,12,15H,2-7H2,1H3,(H2,27,28,29,30). The number of anilines is 4. The molecule has 34 heavy (non-hydrogen) atoms. The van der Waals surface area contributed by atoms with Crippen LogP contribution in [-0.4, -0.2) is 62.6 Å². The number of nitriles is 2. The highest BCUT2D eigenvalue weighted by atomic mass is 35.5. The predicted octanol–water partition coefficient (Wildman–Crippen LogP) is 2.51. The van der Waals surface area contributed by atoms with Gasteiger partial charge in [0.25, 0.3) is 0 Å². The quantitative estimate of drug-likeness (QED) is 0.568. The van der Waals surface area contributed by atoms with Gasteiger partial charge in [-0.15, -0.1) is 5.10 Å². The summed E-state index contributed by atoms with van der Waals surface area (Å²) in [4.78, 5) is 24.4. The number of piperazine rings is 1. The van der Waals surface area contributed by atoms with Crippen molar-refractivity contribution in [3.05, 3.63) is 34.6 Å². The fourth-order valence-corrected chi connectivity index (χ4v) is 4.18. The van der Waals surface area contributed by atoms with Gasteiger partial charge in [0.1, 0.15) is 6.07 Å².